The number of aliphatic carboxylic acids is 1. The number of rotatable bonds is 5. The van der Waals surface area contributed by atoms with E-state index in [2.05, 4.69) is 23.6 Å². The normalized spacial score (nSPS) is 23.4. The van der Waals surface area contributed by atoms with Crippen LogP contribution < -0.4 is 0 Å². The van der Waals surface area contributed by atoms with Gasteiger partial charge in [-0.05, 0) is 31.3 Å². The third-order valence-corrected chi connectivity index (χ3v) is 4.64. The van der Waals surface area contributed by atoms with Gasteiger partial charge in [0.05, 0.1) is 0 Å². The van der Waals surface area contributed by atoms with Crippen molar-refractivity contribution in [2.45, 2.75) is 32.4 Å². The molecule has 0 spiro atoms. The summed E-state index contributed by atoms with van der Waals surface area (Å²) in [6, 6.07) is 3.79. The third-order valence-electron chi connectivity index (χ3n) is 3.72. The van der Waals surface area contributed by atoms with E-state index in [9.17, 15) is 9.90 Å². The Morgan fingerprint density at radius 3 is 2.89 bits per heavy atom. The van der Waals surface area contributed by atoms with Crippen molar-refractivity contribution in [3.05, 3.63) is 22.4 Å². The van der Waals surface area contributed by atoms with Crippen molar-refractivity contribution in [1.29, 1.82) is 0 Å². The van der Waals surface area contributed by atoms with E-state index in [1.807, 2.05) is 17.5 Å². The monoisotopic (exact) mass is 282 g/mol. The van der Waals surface area contributed by atoms with Gasteiger partial charge in [0.2, 0.25) is 0 Å². The lowest BCUT2D eigenvalue weighted by Crippen LogP contribution is -2.53. The summed E-state index contributed by atoms with van der Waals surface area (Å²) in [5.74, 6) is -0.737. The molecule has 1 aromatic heterocycles. The molecule has 1 saturated heterocycles. The fourth-order valence-corrected chi connectivity index (χ4v) is 3.63. The molecule has 1 aliphatic heterocycles. The Balaban J connectivity index is 2.07. The molecule has 1 aliphatic rings. The van der Waals surface area contributed by atoms with E-state index in [0.717, 1.165) is 37.5 Å². The lowest BCUT2D eigenvalue weighted by molar-refractivity contribution is -0.144. The highest BCUT2D eigenvalue weighted by atomic mass is 32.1. The molecule has 0 aromatic carbocycles. The zero-order chi connectivity index (χ0) is 13.8. The Bertz CT molecular complexity index is 408. The Hall–Kier alpha value is -0.910. The van der Waals surface area contributed by atoms with Crippen LogP contribution in [0.5, 0.6) is 0 Å². The number of piperazine rings is 1. The quantitative estimate of drug-likeness (QED) is 0.900. The van der Waals surface area contributed by atoms with Gasteiger partial charge in [-0.1, -0.05) is 13.0 Å². The van der Waals surface area contributed by atoms with Crippen LogP contribution >= 0.6 is 11.3 Å². The maximum absolute atomic E-state index is 11.6. The van der Waals surface area contributed by atoms with Crippen LogP contribution in [0.2, 0.25) is 0 Å². The van der Waals surface area contributed by atoms with Crippen LogP contribution in [-0.4, -0.2) is 53.1 Å². The highest BCUT2D eigenvalue weighted by molar-refractivity contribution is 7.10. The fourth-order valence-electron chi connectivity index (χ4n) is 2.78. The number of thiophene rings is 1. The van der Waals surface area contributed by atoms with Crippen LogP contribution in [-0.2, 0) is 4.79 Å². The molecule has 2 rings (SSSR count). The van der Waals surface area contributed by atoms with Gasteiger partial charge in [-0.3, -0.25) is 14.6 Å². The van der Waals surface area contributed by atoms with Crippen LogP contribution in [0.3, 0.4) is 0 Å². The minimum atomic E-state index is -0.737. The summed E-state index contributed by atoms with van der Waals surface area (Å²) in [6.07, 6.45) is 1.15. The largest absolute Gasteiger partial charge is 0.480 e. The van der Waals surface area contributed by atoms with Crippen LogP contribution in [0.15, 0.2) is 17.5 Å². The predicted octanol–water partition coefficient (Wildman–Crippen LogP) is 2.29. The molecule has 0 bridgehead atoms. The standard InChI is InChI=1S/C14H22N2O2S/c1-3-6-15-7-8-16(10-11(15)2)13(14(17)18)12-5-4-9-19-12/h4-5,9,11,13H,3,6-8,10H2,1-2H3,(H,17,18). The first-order chi connectivity index (χ1) is 9.13. The van der Waals surface area contributed by atoms with Gasteiger partial charge in [0.15, 0.2) is 0 Å². The number of carboxylic acids is 1. The highest BCUT2D eigenvalue weighted by Crippen LogP contribution is 2.27. The van der Waals surface area contributed by atoms with E-state index in [-0.39, 0.29) is 0 Å². The van der Waals surface area contributed by atoms with Gasteiger partial charge >= 0.3 is 5.97 Å². The second kappa shape index (κ2) is 6.50. The topological polar surface area (TPSA) is 43.8 Å². The Labute approximate surface area is 118 Å². The van der Waals surface area contributed by atoms with Gasteiger partial charge in [-0.25, -0.2) is 0 Å². The van der Waals surface area contributed by atoms with Gasteiger partial charge in [0, 0.05) is 30.6 Å². The Morgan fingerprint density at radius 1 is 1.58 bits per heavy atom. The summed E-state index contributed by atoms with van der Waals surface area (Å²) in [5.41, 5.74) is 0. The Kier molecular flexibility index (Phi) is 4.96. The van der Waals surface area contributed by atoms with Crippen molar-refractivity contribution in [2.75, 3.05) is 26.2 Å². The summed E-state index contributed by atoms with van der Waals surface area (Å²) in [4.78, 5) is 17.0. The molecule has 1 aromatic rings. The van der Waals surface area contributed by atoms with Crippen molar-refractivity contribution < 1.29 is 9.90 Å². The van der Waals surface area contributed by atoms with Gasteiger partial charge in [0.25, 0.3) is 0 Å². The Morgan fingerprint density at radius 2 is 2.37 bits per heavy atom. The number of nitrogens with zero attached hydrogens (tertiary/aromatic N) is 2. The van der Waals surface area contributed by atoms with Gasteiger partial charge in [-0.15, -0.1) is 11.3 Å². The number of hydrogen-bond donors (Lipinski definition) is 1. The van der Waals surface area contributed by atoms with Gasteiger partial charge in [0.1, 0.15) is 6.04 Å². The van der Waals surface area contributed by atoms with Crippen LogP contribution in [0.25, 0.3) is 0 Å². The van der Waals surface area contributed by atoms with Crippen molar-refractivity contribution >= 4 is 17.3 Å². The molecule has 0 radical (unpaired) electrons. The molecule has 19 heavy (non-hydrogen) atoms. The molecule has 2 heterocycles. The molecular formula is C14H22N2O2S. The lowest BCUT2D eigenvalue weighted by atomic mass is 10.1. The van der Waals surface area contributed by atoms with Gasteiger partial charge in [-0.2, -0.15) is 0 Å². The van der Waals surface area contributed by atoms with E-state index < -0.39 is 12.0 Å². The molecule has 1 N–H and O–H groups in total. The molecule has 106 valence electrons. The number of hydrogen-bond acceptors (Lipinski definition) is 4. The lowest BCUT2D eigenvalue weighted by Gasteiger charge is -2.41. The molecule has 0 saturated carbocycles. The van der Waals surface area contributed by atoms with Crippen LogP contribution in [0, 0.1) is 0 Å². The average Bonchev–Trinajstić information content (AvgIpc) is 2.86. The first-order valence-electron chi connectivity index (χ1n) is 6.87. The second-order valence-corrected chi connectivity index (χ2v) is 6.12. The maximum atomic E-state index is 11.6. The molecule has 2 atom stereocenters. The maximum Gasteiger partial charge on any atom is 0.326 e. The van der Waals surface area contributed by atoms with Crippen molar-refractivity contribution in [3.63, 3.8) is 0 Å². The molecule has 2 unspecified atom stereocenters. The summed E-state index contributed by atoms with van der Waals surface area (Å²) in [5, 5.41) is 11.5. The smallest absolute Gasteiger partial charge is 0.326 e. The predicted molar refractivity (Wildman–Crippen MR) is 77.6 cm³/mol. The zero-order valence-corrected chi connectivity index (χ0v) is 12.4. The molecule has 0 aliphatic carbocycles. The van der Waals surface area contributed by atoms with Crippen LogP contribution in [0.4, 0.5) is 0 Å². The highest BCUT2D eigenvalue weighted by Gasteiger charge is 2.33. The number of carboxylic acid groups (broad SMARTS) is 1. The minimum absolute atomic E-state index is 0.426. The molecule has 5 heteroatoms. The minimum Gasteiger partial charge on any atom is -0.480 e. The molecular weight excluding hydrogens is 260 g/mol. The summed E-state index contributed by atoms with van der Waals surface area (Å²) >= 11 is 1.53. The van der Waals surface area contributed by atoms with E-state index >= 15 is 0 Å². The van der Waals surface area contributed by atoms with Gasteiger partial charge < -0.3 is 5.11 Å². The average molecular weight is 282 g/mol. The van der Waals surface area contributed by atoms with E-state index in [4.69, 9.17) is 0 Å². The first-order valence-corrected chi connectivity index (χ1v) is 7.75. The van der Waals surface area contributed by atoms with E-state index in [0.29, 0.717) is 6.04 Å². The fraction of sp³-hybridized carbons (Fsp3) is 0.643. The molecule has 0 amide bonds. The van der Waals surface area contributed by atoms with Crippen molar-refractivity contribution in [1.82, 2.24) is 9.80 Å². The van der Waals surface area contributed by atoms with Crippen LogP contribution in [0.1, 0.15) is 31.2 Å². The van der Waals surface area contributed by atoms with E-state index in [1.165, 1.54) is 11.3 Å². The van der Waals surface area contributed by atoms with E-state index in [1.54, 1.807) is 0 Å². The molecule has 1 fully saturated rings. The first kappa shape index (κ1) is 14.5. The third kappa shape index (κ3) is 3.35. The second-order valence-electron chi connectivity index (χ2n) is 5.14. The number of carbonyl (C=O) groups is 1. The summed E-state index contributed by atoms with van der Waals surface area (Å²) < 4.78 is 0. The summed E-state index contributed by atoms with van der Waals surface area (Å²) in [6.45, 7) is 8.10. The SMILES string of the molecule is CCCN1CCN(C(C(=O)O)c2cccs2)CC1C. The molecule has 4 nitrogen and oxygen atoms in total. The van der Waals surface area contributed by atoms with Crippen molar-refractivity contribution in [3.8, 4) is 0 Å². The zero-order valence-electron chi connectivity index (χ0n) is 11.6. The summed E-state index contributed by atoms with van der Waals surface area (Å²) in [7, 11) is 0. The van der Waals surface area contributed by atoms with Crippen molar-refractivity contribution in [2.24, 2.45) is 0 Å².